The number of nitrogens with zero attached hydrogens (tertiary/aromatic N) is 2. The molecule has 0 aliphatic heterocycles. The average Bonchev–Trinajstić information content (AvgIpc) is 2.74. The van der Waals surface area contributed by atoms with E-state index >= 15 is 0 Å². The van der Waals surface area contributed by atoms with Gasteiger partial charge in [0.1, 0.15) is 0 Å². The maximum absolute atomic E-state index is 5.74. The molecule has 2 aromatic heterocycles. The lowest BCUT2D eigenvalue weighted by Crippen LogP contribution is -2.03. The van der Waals surface area contributed by atoms with Crippen molar-refractivity contribution in [1.82, 2.24) is 10.1 Å². The van der Waals surface area contributed by atoms with Crippen molar-refractivity contribution in [3.8, 4) is 11.5 Å². The minimum absolute atomic E-state index is 0.243. The average molecular weight is 214 g/mol. The summed E-state index contributed by atoms with van der Waals surface area (Å²) >= 11 is 5.74. The van der Waals surface area contributed by atoms with Crippen molar-refractivity contribution < 1.29 is 8.94 Å². The molecule has 0 bridgehead atoms. The largest absolute Gasteiger partial charge is 0.452 e. The minimum atomic E-state index is 0.243. The van der Waals surface area contributed by atoms with Gasteiger partial charge in [-0.3, -0.25) is 0 Å². The molecule has 0 spiro atoms. The molecule has 14 heavy (non-hydrogen) atoms. The zero-order chi connectivity index (χ0) is 9.97. The Labute approximate surface area is 84.8 Å². The molecule has 0 fully saturated rings. The van der Waals surface area contributed by atoms with Gasteiger partial charge in [0.05, 0.1) is 11.8 Å². The number of hydrogen-bond acceptors (Lipinski definition) is 5. The molecule has 2 N–H and O–H groups in total. The molecule has 5 nitrogen and oxygen atoms in total. The standard InChI is InChI=1S/C8H8ClN3O2/c9-7-5(2-4-13-7)8-11-6(1-3-10)12-14-8/h2,4H,1,3,10H2. The lowest BCUT2D eigenvalue weighted by molar-refractivity contribution is 0.422. The molecule has 0 atom stereocenters. The van der Waals surface area contributed by atoms with E-state index in [1.165, 1.54) is 6.26 Å². The van der Waals surface area contributed by atoms with Crippen LogP contribution in [0.15, 0.2) is 21.3 Å². The maximum atomic E-state index is 5.74. The van der Waals surface area contributed by atoms with Crippen molar-refractivity contribution >= 4 is 11.6 Å². The fourth-order valence-electron chi connectivity index (χ4n) is 1.04. The topological polar surface area (TPSA) is 78.1 Å². The van der Waals surface area contributed by atoms with E-state index < -0.39 is 0 Å². The van der Waals surface area contributed by atoms with E-state index in [2.05, 4.69) is 10.1 Å². The van der Waals surface area contributed by atoms with Gasteiger partial charge >= 0.3 is 0 Å². The monoisotopic (exact) mass is 213 g/mol. The molecule has 0 aliphatic rings. The van der Waals surface area contributed by atoms with Gasteiger partial charge in [-0.1, -0.05) is 5.16 Å². The summed E-state index contributed by atoms with van der Waals surface area (Å²) in [5.41, 5.74) is 5.95. The molecule has 0 aromatic carbocycles. The Morgan fingerprint density at radius 2 is 2.36 bits per heavy atom. The number of halogens is 1. The molecular formula is C8H8ClN3O2. The van der Waals surface area contributed by atoms with Crippen molar-refractivity contribution in [2.75, 3.05) is 6.54 Å². The van der Waals surface area contributed by atoms with Crippen LogP contribution in [0.3, 0.4) is 0 Å². The van der Waals surface area contributed by atoms with Crippen LogP contribution in [0, 0.1) is 0 Å². The highest BCUT2D eigenvalue weighted by atomic mass is 35.5. The van der Waals surface area contributed by atoms with Gasteiger partial charge in [-0.05, 0) is 24.2 Å². The Morgan fingerprint density at radius 3 is 3.00 bits per heavy atom. The summed E-state index contributed by atoms with van der Waals surface area (Å²) in [6.45, 7) is 0.484. The third kappa shape index (κ3) is 1.64. The molecule has 0 saturated heterocycles. The minimum Gasteiger partial charge on any atom is -0.452 e. The van der Waals surface area contributed by atoms with Gasteiger partial charge in [-0.2, -0.15) is 4.98 Å². The molecule has 74 valence electrons. The van der Waals surface area contributed by atoms with Gasteiger partial charge in [0, 0.05) is 6.42 Å². The first-order valence-corrected chi connectivity index (χ1v) is 4.45. The van der Waals surface area contributed by atoms with Gasteiger partial charge in [0.25, 0.3) is 5.89 Å². The van der Waals surface area contributed by atoms with Gasteiger partial charge in [-0.25, -0.2) is 0 Å². The van der Waals surface area contributed by atoms with Gasteiger partial charge in [0.15, 0.2) is 5.82 Å². The Kier molecular flexibility index (Phi) is 2.51. The summed E-state index contributed by atoms with van der Waals surface area (Å²) < 4.78 is 9.88. The van der Waals surface area contributed by atoms with E-state index in [9.17, 15) is 0 Å². The predicted molar refractivity (Wildman–Crippen MR) is 49.8 cm³/mol. The quantitative estimate of drug-likeness (QED) is 0.836. The van der Waals surface area contributed by atoms with Crippen molar-refractivity contribution in [3.05, 3.63) is 23.4 Å². The normalized spacial score (nSPS) is 10.7. The Hall–Kier alpha value is -1.33. The van der Waals surface area contributed by atoms with E-state index in [1.54, 1.807) is 6.07 Å². The summed E-state index contributed by atoms with van der Waals surface area (Å²) in [5, 5.41) is 3.98. The Morgan fingerprint density at radius 1 is 1.50 bits per heavy atom. The number of hydrogen-bond donors (Lipinski definition) is 1. The highest BCUT2D eigenvalue weighted by Gasteiger charge is 2.13. The molecule has 0 amide bonds. The summed E-state index contributed by atoms with van der Waals surface area (Å²) in [4.78, 5) is 4.10. The first-order chi connectivity index (χ1) is 6.81. The van der Waals surface area contributed by atoms with Crippen LogP contribution in [0.1, 0.15) is 5.82 Å². The van der Waals surface area contributed by atoms with Crippen LogP contribution >= 0.6 is 11.6 Å². The van der Waals surface area contributed by atoms with Gasteiger partial charge < -0.3 is 14.7 Å². The van der Waals surface area contributed by atoms with Gasteiger partial charge in [0.2, 0.25) is 5.22 Å². The van der Waals surface area contributed by atoms with E-state index in [0.717, 1.165) is 0 Å². The smallest absolute Gasteiger partial charge is 0.262 e. The lowest BCUT2D eigenvalue weighted by atomic mass is 10.3. The Bertz CT molecular complexity index is 424. The second-order valence-corrected chi connectivity index (χ2v) is 3.01. The summed E-state index contributed by atoms with van der Waals surface area (Å²) in [5.74, 6) is 0.923. The fraction of sp³-hybridized carbons (Fsp3) is 0.250. The van der Waals surface area contributed by atoms with Crippen LogP contribution < -0.4 is 5.73 Å². The third-order valence-electron chi connectivity index (χ3n) is 1.68. The number of rotatable bonds is 3. The highest BCUT2D eigenvalue weighted by Crippen LogP contribution is 2.27. The second-order valence-electron chi connectivity index (χ2n) is 2.66. The molecule has 6 heteroatoms. The zero-order valence-electron chi connectivity index (χ0n) is 7.24. The van der Waals surface area contributed by atoms with Crippen molar-refractivity contribution in [3.63, 3.8) is 0 Å². The molecule has 2 aromatic rings. The van der Waals surface area contributed by atoms with Crippen LogP contribution in [-0.2, 0) is 6.42 Å². The first-order valence-electron chi connectivity index (χ1n) is 4.07. The second kappa shape index (κ2) is 3.81. The van der Waals surface area contributed by atoms with Crippen LogP contribution in [0.2, 0.25) is 5.22 Å². The summed E-state index contributed by atoms with van der Waals surface area (Å²) in [6.07, 6.45) is 2.05. The number of aromatic nitrogens is 2. The van der Waals surface area contributed by atoms with E-state index in [0.29, 0.717) is 30.2 Å². The van der Waals surface area contributed by atoms with Crippen molar-refractivity contribution in [1.29, 1.82) is 0 Å². The first kappa shape index (κ1) is 9.23. The zero-order valence-corrected chi connectivity index (χ0v) is 7.99. The van der Waals surface area contributed by atoms with Crippen LogP contribution in [0.4, 0.5) is 0 Å². The fourth-order valence-corrected chi connectivity index (χ4v) is 1.24. The van der Waals surface area contributed by atoms with Gasteiger partial charge in [-0.15, -0.1) is 0 Å². The van der Waals surface area contributed by atoms with Crippen molar-refractivity contribution in [2.24, 2.45) is 5.73 Å². The number of nitrogens with two attached hydrogens (primary N) is 1. The molecule has 0 aliphatic carbocycles. The Balaban J connectivity index is 2.29. The lowest BCUT2D eigenvalue weighted by Gasteiger charge is -1.86. The van der Waals surface area contributed by atoms with E-state index in [-0.39, 0.29) is 5.22 Å². The predicted octanol–water partition coefficient (Wildman–Crippen LogP) is 1.48. The number of furan rings is 1. The maximum Gasteiger partial charge on any atom is 0.262 e. The van der Waals surface area contributed by atoms with E-state index in [4.69, 9.17) is 26.3 Å². The van der Waals surface area contributed by atoms with Crippen LogP contribution in [0.25, 0.3) is 11.5 Å². The third-order valence-corrected chi connectivity index (χ3v) is 1.98. The van der Waals surface area contributed by atoms with Crippen LogP contribution in [0.5, 0.6) is 0 Å². The SMILES string of the molecule is NCCc1noc(-c2ccoc2Cl)n1. The summed E-state index contributed by atoms with van der Waals surface area (Å²) in [6, 6.07) is 1.67. The van der Waals surface area contributed by atoms with Crippen LogP contribution in [-0.4, -0.2) is 16.7 Å². The molecule has 0 unspecified atom stereocenters. The molecule has 0 saturated carbocycles. The molecule has 2 heterocycles. The molecule has 2 rings (SSSR count). The highest BCUT2D eigenvalue weighted by molar-refractivity contribution is 6.31. The summed E-state index contributed by atoms with van der Waals surface area (Å²) in [7, 11) is 0. The van der Waals surface area contributed by atoms with Crippen molar-refractivity contribution in [2.45, 2.75) is 6.42 Å². The molecule has 0 radical (unpaired) electrons. The molecular weight excluding hydrogens is 206 g/mol. The van der Waals surface area contributed by atoms with E-state index in [1.807, 2.05) is 0 Å².